The normalized spacial score (nSPS) is 11.8. The molecule has 2 aromatic rings. The van der Waals surface area contributed by atoms with Crippen LogP contribution in [0.4, 0.5) is 0 Å². The zero-order valence-electron chi connectivity index (χ0n) is 18.8. The van der Waals surface area contributed by atoms with Crippen LogP contribution in [0.2, 0.25) is 6.04 Å². The van der Waals surface area contributed by atoms with Crippen LogP contribution in [0.25, 0.3) is 17.2 Å². The fourth-order valence-electron chi connectivity index (χ4n) is 3.49. The van der Waals surface area contributed by atoms with Crippen molar-refractivity contribution >= 4 is 20.8 Å². The minimum Gasteiger partial charge on any atom is -0.478 e. The van der Waals surface area contributed by atoms with Gasteiger partial charge >= 0.3 is 14.8 Å². The highest BCUT2D eigenvalue weighted by Gasteiger charge is 2.39. The first kappa shape index (κ1) is 25.0. The maximum absolute atomic E-state index is 10.6. The number of unbranched alkanes of at least 4 members (excludes halogenated alkanes) is 1. The first-order valence-corrected chi connectivity index (χ1v) is 13.0. The molecule has 0 spiro atoms. The Hall–Kier alpha value is -2.25. The molecule has 0 saturated carbocycles. The molecule has 6 heteroatoms. The Labute approximate surface area is 187 Å². The summed E-state index contributed by atoms with van der Waals surface area (Å²) in [5.74, 6) is -0.943. The van der Waals surface area contributed by atoms with E-state index in [-0.39, 0.29) is 0 Å². The Kier molecular flexibility index (Phi) is 10.7. The molecule has 0 bridgehead atoms. The van der Waals surface area contributed by atoms with Crippen LogP contribution in [0.15, 0.2) is 54.6 Å². The van der Waals surface area contributed by atoms with Crippen LogP contribution in [0.5, 0.6) is 0 Å². The number of hydrogen-bond donors (Lipinski definition) is 1. The van der Waals surface area contributed by atoms with Crippen molar-refractivity contribution in [3.63, 3.8) is 0 Å². The van der Waals surface area contributed by atoms with Crippen LogP contribution >= 0.6 is 0 Å². The van der Waals surface area contributed by atoms with E-state index in [1.54, 1.807) is 6.08 Å². The van der Waals surface area contributed by atoms with E-state index in [4.69, 9.17) is 18.4 Å². The molecule has 0 atom stereocenters. The second-order valence-corrected chi connectivity index (χ2v) is 9.91. The zero-order chi connectivity index (χ0) is 22.5. The van der Waals surface area contributed by atoms with Crippen LogP contribution in [-0.2, 0) is 24.5 Å². The molecule has 2 rings (SSSR count). The van der Waals surface area contributed by atoms with Gasteiger partial charge in [-0.15, -0.1) is 0 Å². The van der Waals surface area contributed by atoms with Gasteiger partial charge in [-0.25, -0.2) is 4.79 Å². The average Bonchev–Trinajstić information content (AvgIpc) is 2.77. The van der Waals surface area contributed by atoms with Crippen LogP contribution in [0, 0.1) is 0 Å². The van der Waals surface area contributed by atoms with Gasteiger partial charge in [0, 0.05) is 31.9 Å². The Balaban J connectivity index is 1.89. The minimum absolute atomic E-state index is 0.616. The first-order valence-electron chi connectivity index (χ1n) is 11.0. The predicted molar refractivity (Wildman–Crippen MR) is 127 cm³/mol. The third kappa shape index (κ3) is 8.42. The molecule has 1 N–H and O–H groups in total. The summed E-state index contributed by atoms with van der Waals surface area (Å²) in [6, 6.07) is 17.3. The van der Waals surface area contributed by atoms with Crippen molar-refractivity contribution in [1.82, 2.24) is 0 Å². The number of rotatable bonds is 14. The average molecular weight is 443 g/mol. The van der Waals surface area contributed by atoms with Crippen LogP contribution in [-0.4, -0.2) is 39.7 Å². The van der Waals surface area contributed by atoms with E-state index in [1.807, 2.05) is 45.0 Å². The van der Waals surface area contributed by atoms with Gasteiger partial charge in [-0.1, -0.05) is 48.5 Å². The van der Waals surface area contributed by atoms with E-state index >= 15 is 0 Å². The summed E-state index contributed by atoms with van der Waals surface area (Å²) in [6.45, 7) is 7.81. The molecule has 31 heavy (non-hydrogen) atoms. The molecule has 0 radical (unpaired) electrons. The topological polar surface area (TPSA) is 65.0 Å². The summed E-state index contributed by atoms with van der Waals surface area (Å²) in [5.41, 5.74) is 4.43. The van der Waals surface area contributed by atoms with E-state index in [1.165, 1.54) is 5.56 Å². The SMILES string of the molecule is CCO[Si](CCCCc1ccc(-c2ccc(/C=C/C(=O)O)cc2)cc1)(OCC)OCC. The van der Waals surface area contributed by atoms with Gasteiger partial charge in [-0.3, -0.25) is 0 Å². The second kappa shape index (κ2) is 13.2. The molecule has 5 nitrogen and oxygen atoms in total. The monoisotopic (exact) mass is 442 g/mol. The Morgan fingerprint density at radius 3 is 1.84 bits per heavy atom. The highest BCUT2D eigenvalue weighted by molar-refractivity contribution is 6.60. The molecule has 0 aliphatic rings. The summed E-state index contributed by atoms with van der Waals surface area (Å²) in [4.78, 5) is 10.6. The number of aliphatic carboxylic acids is 1. The maximum atomic E-state index is 10.6. The van der Waals surface area contributed by atoms with Gasteiger partial charge in [0.1, 0.15) is 0 Å². The minimum atomic E-state index is -2.54. The van der Waals surface area contributed by atoms with Crippen molar-refractivity contribution in [1.29, 1.82) is 0 Å². The summed E-state index contributed by atoms with van der Waals surface area (Å²) >= 11 is 0. The highest BCUT2D eigenvalue weighted by atomic mass is 28.4. The lowest BCUT2D eigenvalue weighted by molar-refractivity contribution is -0.131. The summed E-state index contributed by atoms with van der Waals surface area (Å²) in [5, 5.41) is 8.72. The smallest absolute Gasteiger partial charge is 0.478 e. The van der Waals surface area contributed by atoms with Gasteiger partial charge in [0.05, 0.1) is 0 Å². The van der Waals surface area contributed by atoms with Crippen molar-refractivity contribution < 1.29 is 23.2 Å². The number of carboxylic acid groups (broad SMARTS) is 1. The summed E-state index contributed by atoms with van der Waals surface area (Å²) in [7, 11) is -2.54. The predicted octanol–water partition coefficient (Wildman–Crippen LogP) is 5.82. The maximum Gasteiger partial charge on any atom is 0.500 e. The van der Waals surface area contributed by atoms with Gasteiger partial charge in [0.15, 0.2) is 0 Å². The molecular weight excluding hydrogens is 408 g/mol. The molecule has 0 aliphatic carbocycles. The number of carboxylic acids is 1. The number of aryl methyl sites for hydroxylation is 1. The van der Waals surface area contributed by atoms with Gasteiger partial charge in [-0.05, 0) is 68.4 Å². The van der Waals surface area contributed by atoms with Gasteiger partial charge < -0.3 is 18.4 Å². The standard InChI is InChI=1S/C25H34O5Si/c1-4-28-31(29-5-2,30-6-3)20-8-7-9-21-10-15-23(16-11-21)24-17-12-22(13-18-24)14-19-25(26)27/h10-19H,4-9,20H2,1-3H3,(H,26,27)/b19-14+. The van der Waals surface area contributed by atoms with Crippen LogP contribution in [0.1, 0.15) is 44.7 Å². The molecule has 0 aromatic heterocycles. The molecule has 0 amide bonds. The molecule has 168 valence electrons. The highest BCUT2D eigenvalue weighted by Crippen LogP contribution is 2.23. The lowest BCUT2D eigenvalue weighted by atomic mass is 10.0. The molecule has 0 saturated heterocycles. The van der Waals surface area contributed by atoms with Gasteiger partial charge in [0.2, 0.25) is 0 Å². The fraction of sp³-hybridized carbons (Fsp3) is 0.400. The molecule has 2 aromatic carbocycles. The van der Waals surface area contributed by atoms with Crippen molar-refractivity contribution in [2.75, 3.05) is 19.8 Å². The van der Waals surface area contributed by atoms with E-state index in [9.17, 15) is 4.79 Å². The van der Waals surface area contributed by atoms with Crippen LogP contribution < -0.4 is 0 Å². The lowest BCUT2D eigenvalue weighted by Gasteiger charge is -2.28. The molecule has 0 heterocycles. The molecule has 0 fully saturated rings. The summed E-state index contributed by atoms with van der Waals surface area (Å²) < 4.78 is 17.8. The molecule has 0 unspecified atom stereocenters. The van der Waals surface area contributed by atoms with Crippen molar-refractivity contribution in [3.05, 3.63) is 65.7 Å². The first-order chi connectivity index (χ1) is 15.0. The lowest BCUT2D eigenvalue weighted by Crippen LogP contribution is -2.45. The largest absolute Gasteiger partial charge is 0.500 e. The van der Waals surface area contributed by atoms with Crippen molar-refractivity contribution in [2.24, 2.45) is 0 Å². The second-order valence-electron chi connectivity index (χ2n) is 7.18. The van der Waals surface area contributed by atoms with E-state index in [0.717, 1.165) is 48.1 Å². The quantitative estimate of drug-likeness (QED) is 0.227. The van der Waals surface area contributed by atoms with E-state index < -0.39 is 14.8 Å². The van der Waals surface area contributed by atoms with Crippen molar-refractivity contribution in [2.45, 2.75) is 46.1 Å². The number of carbonyl (C=O) groups is 1. The Morgan fingerprint density at radius 1 is 0.839 bits per heavy atom. The molecular formula is C25H34O5Si. The third-order valence-corrected chi connectivity index (χ3v) is 8.06. The third-order valence-electron chi connectivity index (χ3n) is 4.91. The fourth-order valence-corrected chi connectivity index (χ4v) is 6.18. The van der Waals surface area contributed by atoms with Crippen molar-refractivity contribution in [3.8, 4) is 11.1 Å². The van der Waals surface area contributed by atoms with Gasteiger partial charge in [-0.2, -0.15) is 0 Å². The zero-order valence-corrected chi connectivity index (χ0v) is 19.8. The Morgan fingerprint density at radius 2 is 1.35 bits per heavy atom. The summed E-state index contributed by atoms with van der Waals surface area (Å²) in [6.07, 6.45) is 5.82. The number of hydrogen-bond acceptors (Lipinski definition) is 4. The molecule has 0 aliphatic heterocycles. The Bertz CT molecular complexity index is 798. The number of benzene rings is 2. The van der Waals surface area contributed by atoms with E-state index in [0.29, 0.717) is 19.8 Å². The van der Waals surface area contributed by atoms with Crippen LogP contribution in [0.3, 0.4) is 0 Å². The van der Waals surface area contributed by atoms with Gasteiger partial charge in [0.25, 0.3) is 0 Å². The van der Waals surface area contributed by atoms with E-state index in [2.05, 4.69) is 24.3 Å².